The summed E-state index contributed by atoms with van der Waals surface area (Å²) in [6, 6.07) is 2.78. The van der Waals surface area contributed by atoms with Gasteiger partial charge in [-0.05, 0) is 18.1 Å². The van der Waals surface area contributed by atoms with Gasteiger partial charge in [-0.15, -0.1) is 0 Å². The van der Waals surface area contributed by atoms with Gasteiger partial charge in [0.15, 0.2) is 5.75 Å². The molecular formula is C14H15Cl3O5. The molecule has 0 amide bonds. The molecule has 0 radical (unpaired) electrons. The lowest BCUT2D eigenvalue weighted by molar-refractivity contribution is -0.152. The summed E-state index contributed by atoms with van der Waals surface area (Å²) in [6.45, 7) is 3.33. The maximum Gasteiger partial charge on any atom is 0.337 e. The molecule has 0 aromatic heterocycles. The van der Waals surface area contributed by atoms with Crippen LogP contribution in [0.3, 0.4) is 0 Å². The van der Waals surface area contributed by atoms with Gasteiger partial charge >= 0.3 is 11.9 Å². The van der Waals surface area contributed by atoms with Crippen molar-refractivity contribution in [3.05, 3.63) is 27.2 Å². The molecule has 1 rings (SSSR count). The molecule has 0 saturated heterocycles. The topological polar surface area (TPSA) is 61.8 Å². The van der Waals surface area contributed by atoms with Crippen LogP contribution < -0.4 is 4.74 Å². The number of rotatable bonds is 7. The summed E-state index contributed by atoms with van der Waals surface area (Å²) in [6.07, 6.45) is 0. The summed E-state index contributed by atoms with van der Waals surface area (Å²) >= 11 is 17.5. The second-order valence-electron chi connectivity index (χ2n) is 4.74. The van der Waals surface area contributed by atoms with Crippen LogP contribution in [-0.2, 0) is 19.1 Å². The van der Waals surface area contributed by atoms with Crippen molar-refractivity contribution in [1.29, 1.82) is 0 Å². The van der Waals surface area contributed by atoms with Crippen molar-refractivity contribution >= 4 is 46.7 Å². The fourth-order valence-corrected chi connectivity index (χ4v) is 2.18. The number of hydrogen-bond donors (Lipinski definition) is 0. The molecule has 0 aliphatic carbocycles. The van der Waals surface area contributed by atoms with Crippen LogP contribution in [0.2, 0.25) is 15.1 Å². The number of carbonyl (C=O) groups is 2. The Morgan fingerprint density at radius 2 is 1.59 bits per heavy atom. The van der Waals surface area contributed by atoms with Gasteiger partial charge in [0.2, 0.25) is 0 Å². The molecule has 0 aliphatic rings. The Balaban J connectivity index is 2.40. The lowest BCUT2D eigenvalue weighted by atomic mass is 10.2. The highest BCUT2D eigenvalue weighted by Crippen LogP contribution is 2.35. The van der Waals surface area contributed by atoms with Crippen LogP contribution in [0.25, 0.3) is 0 Å². The van der Waals surface area contributed by atoms with E-state index in [2.05, 4.69) is 0 Å². The third-order valence-electron chi connectivity index (χ3n) is 2.20. The zero-order chi connectivity index (χ0) is 16.7. The van der Waals surface area contributed by atoms with Crippen LogP contribution in [0.15, 0.2) is 12.1 Å². The first-order valence-corrected chi connectivity index (χ1v) is 7.51. The molecule has 0 unspecified atom stereocenters. The standard InChI is InChI=1S/C14H15Cl3O5/c1-8(2)5-21-12(18)6-20-7-13(19)22-14-10(16)3-9(15)4-11(14)17/h3-4,8H,5-7H2,1-2H3. The van der Waals surface area contributed by atoms with Gasteiger partial charge < -0.3 is 14.2 Å². The Kier molecular flexibility index (Phi) is 7.96. The van der Waals surface area contributed by atoms with Crippen molar-refractivity contribution in [3.63, 3.8) is 0 Å². The normalized spacial score (nSPS) is 10.6. The van der Waals surface area contributed by atoms with Crippen LogP contribution in [0, 0.1) is 5.92 Å². The van der Waals surface area contributed by atoms with E-state index in [1.54, 1.807) is 0 Å². The third kappa shape index (κ3) is 6.83. The lowest BCUT2D eigenvalue weighted by Crippen LogP contribution is -2.21. The van der Waals surface area contributed by atoms with Gasteiger partial charge in [-0.3, -0.25) is 0 Å². The molecule has 122 valence electrons. The SMILES string of the molecule is CC(C)COC(=O)COCC(=O)Oc1c(Cl)cc(Cl)cc1Cl. The van der Waals surface area contributed by atoms with Crippen LogP contribution in [0.1, 0.15) is 13.8 Å². The molecule has 5 nitrogen and oxygen atoms in total. The molecule has 0 bridgehead atoms. The van der Waals surface area contributed by atoms with E-state index in [0.717, 1.165) is 0 Å². The molecule has 0 fully saturated rings. The highest BCUT2D eigenvalue weighted by molar-refractivity contribution is 6.40. The number of carbonyl (C=O) groups excluding carboxylic acids is 2. The number of halogens is 3. The highest BCUT2D eigenvalue weighted by Gasteiger charge is 2.14. The monoisotopic (exact) mass is 368 g/mol. The van der Waals surface area contributed by atoms with E-state index >= 15 is 0 Å². The molecule has 0 N–H and O–H groups in total. The Labute approximate surface area is 143 Å². The Morgan fingerprint density at radius 3 is 2.14 bits per heavy atom. The zero-order valence-electron chi connectivity index (χ0n) is 12.0. The lowest BCUT2D eigenvalue weighted by Gasteiger charge is -2.09. The second kappa shape index (κ2) is 9.20. The molecule has 8 heteroatoms. The average molecular weight is 370 g/mol. The minimum atomic E-state index is -0.747. The fourth-order valence-electron chi connectivity index (χ4n) is 1.29. The molecule has 1 aromatic rings. The summed E-state index contributed by atoms with van der Waals surface area (Å²) in [5, 5.41) is 0.517. The van der Waals surface area contributed by atoms with E-state index in [9.17, 15) is 9.59 Å². The highest BCUT2D eigenvalue weighted by atomic mass is 35.5. The summed E-state index contributed by atoms with van der Waals surface area (Å²) < 4.78 is 14.8. The Bertz CT molecular complexity index is 522. The van der Waals surface area contributed by atoms with Gasteiger partial charge in [-0.2, -0.15) is 0 Å². The molecule has 0 atom stereocenters. The molecule has 1 aromatic carbocycles. The van der Waals surface area contributed by atoms with Crippen molar-refractivity contribution in [2.24, 2.45) is 5.92 Å². The van der Waals surface area contributed by atoms with Gasteiger partial charge in [0.25, 0.3) is 0 Å². The summed E-state index contributed by atoms with van der Waals surface area (Å²) in [5.41, 5.74) is 0. The number of ether oxygens (including phenoxy) is 3. The van der Waals surface area contributed by atoms with Crippen molar-refractivity contribution < 1.29 is 23.8 Å². The van der Waals surface area contributed by atoms with E-state index in [1.165, 1.54) is 12.1 Å². The second-order valence-corrected chi connectivity index (χ2v) is 5.99. The van der Waals surface area contributed by atoms with E-state index in [4.69, 9.17) is 49.0 Å². The molecular weight excluding hydrogens is 355 g/mol. The molecule has 0 heterocycles. The first-order valence-electron chi connectivity index (χ1n) is 6.38. The first kappa shape index (κ1) is 19.0. The Morgan fingerprint density at radius 1 is 1.05 bits per heavy atom. The van der Waals surface area contributed by atoms with Gasteiger partial charge in [0, 0.05) is 5.02 Å². The summed E-state index contributed by atoms with van der Waals surface area (Å²) in [7, 11) is 0. The minimum absolute atomic E-state index is 0.0104. The predicted molar refractivity (Wildman–Crippen MR) is 83.7 cm³/mol. The third-order valence-corrected chi connectivity index (χ3v) is 2.98. The van der Waals surface area contributed by atoms with Gasteiger partial charge in [-0.1, -0.05) is 48.7 Å². The van der Waals surface area contributed by atoms with Gasteiger partial charge in [0.1, 0.15) is 13.2 Å². The molecule has 22 heavy (non-hydrogen) atoms. The fraction of sp³-hybridized carbons (Fsp3) is 0.429. The average Bonchev–Trinajstić information content (AvgIpc) is 2.40. The first-order chi connectivity index (χ1) is 10.3. The predicted octanol–water partition coefficient (Wildman–Crippen LogP) is 3.77. The maximum atomic E-state index is 11.6. The number of benzene rings is 1. The maximum absolute atomic E-state index is 11.6. The molecule has 0 saturated carbocycles. The van der Waals surface area contributed by atoms with Crippen LogP contribution in [0.4, 0.5) is 0 Å². The smallest absolute Gasteiger partial charge is 0.337 e. The van der Waals surface area contributed by atoms with Gasteiger partial charge in [-0.25, -0.2) is 9.59 Å². The van der Waals surface area contributed by atoms with E-state index < -0.39 is 18.5 Å². The van der Waals surface area contributed by atoms with E-state index in [0.29, 0.717) is 11.6 Å². The number of esters is 2. The zero-order valence-corrected chi connectivity index (χ0v) is 14.3. The van der Waals surface area contributed by atoms with E-state index in [1.807, 2.05) is 13.8 Å². The van der Waals surface area contributed by atoms with Crippen molar-refractivity contribution in [2.75, 3.05) is 19.8 Å². The van der Waals surface area contributed by atoms with Crippen LogP contribution in [-0.4, -0.2) is 31.8 Å². The van der Waals surface area contributed by atoms with Crippen molar-refractivity contribution in [3.8, 4) is 5.75 Å². The van der Waals surface area contributed by atoms with Gasteiger partial charge in [0.05, 0.1) is 16.7 Å². The van der Waals surface area contributed by atoms with Crippen molar-refractivity contribution in [1.82, 2.24) is 0 Å². The summed E-state index contributed by atoms with van der Waals surface area (Å²) in [5.74, 6) is -1.08. The largest absolute Gasteiger partial charge is 0.464 e. The van der Waals surface area contributed by atoms with Crippen LogP contribution >= 0.6 is 34.8 Å². The Hall–Kier alpha value is -1.01. The minimum Gasteiger partial charge on any atom is -0.464 e. The molecule has 0 aliphatic heterocycles. The summed E-state index contributed by atoms with van der Waals surface area (Å²) in [4.78, 5) is 22.9. The van der Waals surface area contributed by atoms with Crippen LogP contribution in [0.5, 0.6) is 5.75 Å². The quantitative estimate of drug-likeness (QED) is 0.541. The number of hydrogen-bond acceptors (Lipinski definition) is 5. The van der Waals surface area contributed by atoms with Crippen molar-refractivity contribution in [2.45, 2.75) is 13.8 Å². The molecule has 0 spiro atoms. The van der Waals surface area contributed by atoms with E-state index in [-0.39, 0.29) is 28.3 Å².